The van der Waals surface area contributed by atoms with E-state index in [1.807, 2.05) is 4.90 Å². The highest BCUT2D eigenvalue weighted by Gasteiger charge is 2.17. The zero-order valence-corrected chi connectivity index (χ0v) is 10.4. The van der Waals surface area contributed by atoms with Gasteiger partial charge in [0.25, 0.3) is 0 Å². The zero-order valence-electron chi connectivity index (χ0n) is 9.69. The Bertz CT molecular complexity index is 516. The van der Waals surface area contributed by atoms with Crippen LogP contribution in [0.1, 0.15) is 10.4 Å². The fraction of sp³-hybridized carbons (Fsp3) is 0.231. The van der Waals surface area contributed by atoms with E-state index in [-0.39, 0.29) is 12.3 Å². The summed E-state index contributed by atoms with van der Waals surface area (Å²) in [5, 5.41) is 12.4. The summed E-state index contributed by atoms with van der Waals surface area (Å²) >= 11 is 5.77. The molecule has 92 valence electrons. The van der Waals surface area contributed by atoms with Crippen molar-refractivity contribution in [3.8, 4) is 6.07 Å². The summed E-state index contributed by atoms with van der Waals surface area (Å²) in [5.41, 5.74) is 0.581. The molecule has 1 aromatic carbocycles. The number of nitrogens with zero attached hydrogens (tertiary/aromatic N) is 2. The van der Waals surface area contributed by atoms with E-state index in [2.05, 4.69) is 11.4 Å². The lowest BCUT2D eigenvalue weighted by Gasteiger charge is -2.13. The van der Waals surface area contributed by atoms with Crippen LogP contribution in [0.25, 0.3) is 0 Å². The Kier molecular flexibility index (Phi) is 3.85. The first-order valence-corrected chi connectivity index (χ1v) is 5.96. The van der Waals surface area contributed by atoms with Gasteiger partial charge in [-0.05, 0) is 24.3 Å². The van der Waals surface area contributed by atoms with Crippen LogP contribution in [0.3, 0.4) is 0 Å². The van der Waals surface area contributed by atoms with Crippen LogP contribution in [0.5, 0.6) is 0 Å². The number of carbonyl (C=O) groups excluding carboxylic acids is 1. The Labute approximate surface area is 110 Å². The van der Waals surface area contributed by atoms with E-state index in [1.54, 1.807) is 24.3 Å². The first-order chi connectivity index (χ1) is 8.70. The predicted octanol–water partition coefficient (Wildman–Crippen LogP) is 1.79. The summed E-state index contributed by atoms with van der Waals surface area (Å²) in [6.07, 6.45) is 1.52. The van der Waals surface area contributed by atoms with Crippen LogP contribution in [0.15, 0.2) is 36.2 Å². The number of nitriles is 1. The maximum atomic E-state index is 12.0. The molecular weight excluding hydrogens is 250 g/mol. The van der Waals surface area contributed by atoms with Gasteiger partial charge >= 0.3 is 0 Å². The number of benzene rings is 1. The first-order valence-electron chi connectivity index (χ1n) is 5.58. The minimum Gasteiger partial charge on any atom is -0.370 e. The summed E-state index contributed by atoms with van der Waals surface area (Å²) in [6.45, 7) is 1.78. The van der Waals surface area contributed by atoms with Gasteiger partial charge in [0.2, 0.25) is 0 Å². The SMILES string of the molecule is N#CCN1CCN/C1=C\C(=O)c1ccc(Cl)cc1. The molecule has 5 heteroatoms. The Morgan fingerprint density at radius 3 is 2.89 bits per heavy atom. The molecule has 1 saturated heterocycles. The summed E-state index contributed by atoms with van der Waals surface area (Å²) in [6, 6.07) is 8.81. The van der Waals surface area contributed by atoms with E-state index in [9.17, 15) is 4.79 Å². The van der Waals surface area contributed by atoms with Gasteiger partial charge in [0.15, 0.2) is 5.78 Å². The first kappa shape index (κ1) is 12.5. The highest BCUT2D eigenvalue weighted by Crippen LogP contribution is 2.12. The van der Waals surface area contributed by atoms with E-state index in [1.165, 1.54) is 6.08 Å². The van der Waals surface area contributed by atoms with Crippen molar-refractivity contribution < 1.29 is 4.79 Å². The normalized spacial score (nSPS) is 16.4. The highest BCUT2D eigenvalue weighted by molar-refractivity contribution is 6.30. The Hall–Kier alpha value is -1.99. The minimum atomic E-state index is -0.0981. The second-order valence-electron chi connectivity index (χ2n) is 3.91. The van der Waals surface area contributed by atoms with Gasteiger partial charge in [-0.3, -0.25) is 4.79 Å². The van der Waals surface area contributed by atoms with Crippen LogP contribution < -0.4 is 5.32 Å². The average Bonchev–Trinajstić information content (AvgIpc) is 2.78. The highest BCUT2D eigenvalue weighted by atomic mass is 35.5. The molecule has 0 spiro atoms. The van der Waals surface area contributed by atoms with Gasteiger partial charge < -0.3 is 10.2 Å². The number of rotatable bonds is 3. The van der Waals surface area contributed by atoms with Crippen molar-refractivity contribution >= 4 is 17.4 Å². The Morgan fingerprint density at radius 1 is 1.50 bits per heavy atom. The number of halogens is 1. The number of allylic oxidation sites excluding steroid dienone is 1. The molecule has 4 nitrogen and oxygen atoms in total. The molecule has 1 heterocycles. The summed E-state index contributed by atoms with van der Waals surface area (Å²) < 4.78 is 0. The van der Waals surface area contributed by atoms with Crippen molar-refractivity contribution in [3.63, 3.8) is 0 Å². The standard InChI is InChI=1S/C13H12ClN3O/c14-11-3-1-10(2-4-11)12(18)9-13-16-6-8-17(13)7-5-15/h1-4,9,16H,6-8H2/b13-9+. The average molecular weight is 262 g/mol. The number of hydrogen-bond donors (Lipinski definition) is 1. The van der Waals surface area contributed by atoms with Gasteiger partial charge in [-0.2, -0.15) is 5.26 Å². The lowest BCUT2D eigenvalue weighted by molar-refractivity contribution is 0.104. The van der Waals surface area contributed by atoms with Crippen LogP contribution >= 0.6 is 11.6 Å². The molecule has 1 aliphatic rings. The second-order valence-corrected chi connectivity index (χ2v) is 4.34. The third-order valence-corrected chi connectivity index (χ3v) is 2.94. The Morgan fingerprint density at radius 2 is 2.22 bits per heavy atom. The van der Waals surface area contributed by atoms with Crippen molar-refractivity contribution in [2.24, 2.45) is 0 Å². The lowest BCUT2D eigenvalue weighted by atomic mass is 10.1. The minimum absolute atomic E-state index is 0.0981. The molecule has 0 bridgehead atoms. The van der Waals surface area contributed by atoms with E-state index >= 15 is 0 Å². The van der Waals surface area contributed by atoms with E-state index in [0.29, 0.717) is 16.4 Å². The molecule has 0 radical (unpaired) electrons. The molecule has 0 atom stereocenters. The van der Waals surface area contributed by atoms with Crippen LogP contribution in [-0.2, 0) is 0 Å². The molecule has 0 aromatic heterocycles. The van der Waals surface area contributed by atoms with Gasteiger partial charge in [-0.1, -0.05) is 11.6 Å². The number of ketones is 1. The van der Waals surface area contributed by atoms with Crippen LogP contribution in [0, 0.1) is 11.3 Å². The fourth-order valence-corrected chi connectivity index (χ4v) is 1.89. The predicted molar refractivity (Wildman–Crippen MR) is 69.1 cm³/mol. The second kappa shape index (κ2) is 5.56. The summed E-state index contributed by atoms with van der Waals surface area (Å²) in [7, 11) is 0. The largest absolute Gasteiger partial charge is 0.370 e. The fourth-order valence-electron chi connectivity index (χ4n) is 1.76. The lowest BCUT2D eigenvalue weighted by Crippen LogP contribution is -2.21. The number of carbonyl (C=O) groups is 1. The molecule has 0 unspecified atom stereocenters. The number of hydrogen-bond acceptors (Lipinski definition) is 4. The van der Waals surface area contributed by atoms with Crippen molar-refractivity contribution in [2.75, 3.05) is 19.6 Å². The monoisotopic (exact) mass is 261 g/mol. The van der Waals surface area contributed by atoms with Gasteiger partial charge in [-0.15, -0.1) is 0 Å². The van der Waals surface area contributed by atoms with Crippen molar-refractivity contribution in [1.29, 1.82) is 5.26 Å². The van der Waals surface area contributed by atoms with E-state index < -0.39 is 0 Å². The van der Waals surface area contributed by atoms with Gasteiger partial charge in [0.05, 0.1) is 6.07 Å². The molecule has 0 aliphatic carbocycles. The molecule has 1 fully saturated rings. The van der Waals surface area contributed by atoms with E-state index in [0.717, 1.165) is 13.1 Å². The van der Waals surface area contributed by atoms with Gasteiger partial charge in [0, 0.05) is 29.8 Å². The van der Waals surface area contributed by atoms with Crippen LogP contribution in [0.2, 0.25) is 5.02 Å². The van der Waals surface area contributed by atoms with E-state index in [4.69, 9.17) is 16.9 Å². The van der Waals surface area contributed by atoms with Crippen molar-refractivity contribution in [3.05, 3.63) is 46.7 Å². The molecule has 1 N–H and O–H groups in total. The number of nitrogens with one attached hydrogen (secondary N) is 1. The third kappa shape index (κ3) is 2.82. The quantitative estimate of drug-likeness (QED) is 0.512. The molecular formula is C13H12ClN3O. The Balaban J connectivity index is 2.15. The smallest absolute Gasteiger partial charge is 0.189 e. The van der Waals surface area contributed by atoms with Gasteiger partial charge in [0.1, 0.15) is 12.4 Å². The summed E-state index contributed by atoms with van der Waals surface area (Å²) in [5.74, 6) is 0.607. The van der Waals surface area contributed by atoms with Crippen LogP contribution in [-0.4, -0.2) is 30.3 Å². The van der Waals surface area contributed by atoms with Crippen LogP contribution in [0.4, 0.5) is 0 Å². The molecule has 0 amide bonds. The van der Waals surface area contributed by atoms with Gasteiger partial charge in [-0.25, -0.2) is 0 Å². The molecule has 2 rings (SSSR count). The maximum Gasteiger partial charge on any atom is 0.189 e. The van der Waals surface area contributed by atoms with Crippen molar-refractivity contribution in [2.45, 2.75) is 0 Å². The molecule has 1 aromatic rings. The van der Waals surface area contributed by atoms with Crippen molar-refractivity contribution in [1.82, 2.24) is 10.2 Å². The zero-order chi connectivity index (χ0) is 13.0. The molecule has 1 aliphatic heterocycles. The third-order valence-electron chi connectivity index (χ3n) is 2.69. The maximum absolute atomic E-state index is 12.0. The molecule has 0 saturated carbocycles. The topological polar surface area (TPSA) is 56.1 Å². The molecule has 18 heavy (non-hydrogen) atoms. The summed E-state index contributed by atoms with van der Waals surface area (Å²) in [4.78, 5) is 13.8.